The van der Waals surface area contributed by atoms with E-state index in [-0.39, 0.29) is 10.8 Å². The van der Waals surface area contributed by atoms with Crippen LogP contribution in [0.3, 0.4) is 0 Å². The topological polar surface area (TPSA) is 74.5 Å². The maximum atomic E-state index is 10.9. The van der Waals surface area contributed by atoms with Crippen LogP contribution in [0.25, 0.3) is 11.3 Å². The van der Waals surface area contributed by atoms with E-state index >= 15 is 0 Å². The van der Waals surface area contributed by atoms with Crippen LogP contribution in [0.15, 0.2) is 30.3 Å². The van der Waals surface area contributed by atoms with Crippen molar-refractivity contribution in [3.8, 4) is 22.8 Å². The van der Waals surface area contributed by atoms with E-state index in [9.17, 15) is 10.1 Å². The van der Waals surface area contributed by atoms with Crippen LogP contribution in [0.1, 0.15) is 0 Å². The molecule has 20 heavy (non-hydrogen) atoms. The Labute approximate surface area is 120 Å². The maximum absolute atomic E-state index is 10.9. The number of hydrogen-bond donors (Lipinski definition) is 0. The van der Waals surface area contributed by atoms with Gasteiger partial charge in [0.25, 0.3) is 5.69 Å². The van der Waals surface area contributed by atoms with E-state index in [0.29, 0.717) is 22.8 Å². The molecular weight excluding hydrogens is 284 g/mol. The first-order chi connectivity index (χ1) is 9.55. The van der Waals surface area contributed by atoms with Crippen molar-refractivity contribution < 1.29 is 14.4 Å². The van der Waals surface area contributed by atoms with E-state index in [1.807, 2.05) is 0 Å². The number of hydrogen-bond acceptors (Lipinski definition) is 5. The SMILES string of the molecule is COc1ccc(-c2cc([N+](=O)[O-])cc(Cl)n2)c(OC)c1. The molecule has 0 bridgehead atoms. The lowest BCUT2D eigenvalue weighted by atomic mass is 10.1. The summed E-state index contributed by atoms with van der Waals surface area (Å²) in [6, 6.07) is 7.63. The van der Waals surface area contributed by atoms with Gasteiger partial charge in [0.1, 0.15) is 16.7 Å². The number of aromatic nitrogens is 1. The van der Waals surface area contributed by atoms with Gasteiger partial charge in [-0.25, -0.2) is 4.98 Å². The molecule has 0 spiro atoms. The number of nitro groups is 1. The van der Waals surface area contributed by atoms with E-state index in [2.05, 4.69) is 4.98 Å². The Hall–Kier alpha value is -2.34. The van der Waals surface area contributed by atoms with Gasteiger partial charge in [0.15, 0.2) is 0 Å². The lowest BCUT2D eigenvalue weighted by Gasteiger charge is -2.10. The molecule has 0 atom stereocenters. The summed E-state index contributed by atoms with van der Waals surface area (Å²) < 4.78 is 10.3. The lowest BCUT2D eigenvalue weighted by Crippen LogP contribution is -1.95. The molecule has 0 saturated carbocycles. The third-order valence-corrected chi connectivity index (χ3v) is 2.87. The van der Waals surface area contributed by atoms with E-state index < -0.39 is 4.92 Å². The molecule has 0 amide bonds. The molecule has 0 aliphatic heterocycles. The summed E-state index contributed by atoms with van der Waals surface area (Å²) in [6.07, 6.45) is 0. The summed E-state index contributed by atoms with van der Waals surface area (Å²) in [4.78, 5) is 14.4. The second-order valence-electron chi connectivity index (χ2n) is 3.86. The Bertz CT molecular complexity index is 661. The molecule has 6 nitrogen and oxygen atoms in total. The minimum Gasteiger partial charge on any atom is -0.497 e. The fourth-order valence-corrected chi connectivity index (χ4v) is 1.94. The Morgan fingerprint density at radius 1 is 1.20 bits per heavy atom. The molecule has 1 aromatic carbocycles. The molecule has 1 aromatic heterocycles. The number of halogens is 1. The largest absolute Gasteiger partial charge is 0.497 e. The zero-order chi connectivity index (χ0) is 14.7. The first-order valence-corrected chi connectivity index (χ1v) is 5.97. The molecule has 104 valence electrons. The van der Waals surface area contributed by atoms with Crippen LogP contribution >= 0.6 is 11.6 Å². The van der Waals surface area contributed by atoms with Gasteiger partial charge in [-0.2, -0.15) is 0 Å². The van der Waals surface area contributed by atoms with Gasteiger partial charge in [-0.1, -0.05) is 11.6 Å². The standard InChI is InChI=1S/C13H11ClN2O4/c1-19-9-3-4-10(12(7-9)20-2)11-5-8(16(17)18)6-13(14)15-11/h3-7H,1-2H3. The highest BCUT2D eigenvalue weighted by molar-refractivity contribution is 6.29. The van der Waals surface area contributed by atoms with Crippen molar-refractivity contribution in [3.05, 3.63) is 45.6 Å². The third-order valence-electron chi connectivity index (χ3n) is 2.67. The second kappa shape index (κ2) is 5.75. The van der Waals surface area contributed by atoms with Gasteiger partial charge in [0.2, 0.25) is 0 Å². The van der Waals surface area contributed by atoms with E-state index in [4.69, 9.17) is 21.1 Å². The monoisotopic (exact) mass is 294 g/mol. The molecule has 0 aliphatic rings. The van der Waals surface area contributed by atoms with Gasteiger partial charge in [0, 0.05) is 17.7 Å². The summed E-state index contributed by atoms with van der Waals surface area (Å²) >= 11 is 5.82. The predicted molar refractivity (Wildman–Crippen MR) is 74.4 cm³/mol. The Kier molecular flexibility index (Phi) is 4.05. The summed E-state index contributed by atoms with van der Waals surface area (Å²) in [5.41, 5.74) is 0.834. The molecule has 0 radical (unpaired) electrons. The number of benzene rings is 1. The second-order valence-corrected chi connectivity index (χ2v) is 4.24. The Morgan fingerprint density at radius 3 is 2.55 bits per heavy atom. The molecule has 0 unspecified atom stereocenters. The normalized spacial score (nSPS) is 10.2. The van der Waals surface area contributed by atoms with E-state index in [1.165, 1.54) is 26.4 Å². The third kappa shape index (κ3) is 2.80. The minimum atomic E-state index is -0.521. The zero-order valence-corrected chi connectivity index (χ0v) is 11.5. The Morgan fingerprint density at radius 2 is 1.95 bits per heavy atom. The minimum absolute atomic E-state index is 0.0482. The fourth-order valence-electron chi connectivity index (χ4n) is 1.74. The van der Waals surface area contributed by atoms with Gasteiger partial charge in [-0.05, 0) is 12.1 Å². The van der Waals surface area contributed by atoms with Crippen LogP contribution in [-0.2, 0) is 0 Å². The summed E-state index contributed by atoms with van der Waals surface area (Å²) in [5, 5.41) is 10.9. The number of ether oxygens (including phenoxy) is 2. The molecule has 2 rings (SSSR count). The van der Waals surface area contributed by atoms with Crippen molar-refractivity contribution in [2.75, 3.05) is 14.2 Å². The van der Waals surface area contributed by atoms with Crippen molar-refractivity contribution in [2.24, 2.45) is 0 Å². The van der Waals surface area contributed by atoms with Crippen molar-refractivity contribution in [1.29, 1.82) is 0 Å². The number of methoxy groups -OCH3 is 2. The number of nitrogens with zero attached hydrogens (tertiary/aromatic N) is 2. The average Bonchev–Trinajstić information content (AvgIpc) is 2.45. The van der Waals surface area contributed by atoms with Crippen LogP contribution in [-0.4, -0.2) is 24.1 Å². The summed E-state index contributed by atoms with van der Waals surface area (Å²) in [5.74, 6) is 1.11. The van der Waals surface area contributed by atoms with E-state index in [1.54, 1.807) is 18.2 Å². The molecule has 1 heterocycles. The van der Waals surface area contributed by atoms with Crippen LogP contribution in [0.4, 0.5) is 5.69 Å². The first-order valence-electron chi connectivity index (χ1n) is 5.59. The molecule has 0 saturated heterocycles. The van der Waals surface area contributed by atoms with Crippen LogP contribution in [0.2, 0.25) is 5.15 Å². The molecule has 7 heteroatoms. The maximum Gasteiger partial charge on any atom is 0.274 e. The quantitative estimate of drug-likeness (QED) is 0.491. The molecule has 0 aliphatic carbocycles. The first kappa shape index (κ1) is 14.1. The molecular formula is C13H11ClN2O4. The fraction of sp³-hybridized carbons (Fsp3) is 0.154. The van der Waals surface area contributed by atoms with Crippen molar-refractivity contribution in [1.82, 2.24) is 4.98 Å². The molecule has 0 N–H and O–H groups in total. The van der Waals surface area contributed by atoms with Gasteiger partial charge in [0.05, 0.1) is 30.9 Å². The predicted octanol–water partition coefficient (Wildman–Crippen LogP) is 3.33. The van der Waals surface area contributed by atoms with Crippen molar-refractivity contribution in [3.63, 3.8) is 0 Å². The number of pyridine rings is 1. The highest BCUT2D eigenvalue weighted by atomic mass is 35.5. The average molecular weight is 295 g/mol. The van der Waals surface area contributed by atoms with Crippen LogP contribution < -0.4 is 9.47 Å². The summed E-state index contributed by atoms with van der Waals surface area (Å²) in [6.45, 7) is 0. The summed E-state index contributed by atoms with van der Waals surface area (Å²) in [7, 11) is 3.04. The molecule has 2 aromatic rings. The van der Waals surface area contributed by atoms with Crippen LogP contribution in [0.5, 0.6) is 11.5 Å². The van der Waals surface area contributed by atoms with E-state index in [0.717, 1.165) is 0 Å². The van der Waals surface area contributed by atoms with Gasteiger partial charge < -0.3 is 9.47 Å². The lowest BCUT2D eigenvalue weighted by molar-refractivity contribution is -0.384. The van der Waals surface area contributed by atoms with Gasteiger partial charge >= 0.3 is 0 Å². The highest BCUT2D eigenvalue weighted by Crippen LogP contribution is 2.34. The van der Waals surface area contributed by atoms with Gasteiger partial charge in [-0.15, -0.1) is 0 Å². The zero-order valence-electron chi connectivity index (χ0n) is 10.8. The van der Waals surface area contributed by atoms with Crippen molar-refractivity contribution >= 4 is 17.3 Å². The molecule has 0 fully saturated rings. The van der Waals surface area contributed by atoms with Crippen LogP contribution in [0, 0.1) is 10.1 Å². The smallest absolute Gasteiger partial charge is 0.274 e. The Balaban J connectivity index is 2.58. The highest BCUT2D eigenvalue weighted by Gasteiger charge is 2.15. The van der Waals surface area contributed by atoms with Gasteiger partial charge in [-0.3, -0.25) is 10.1 Å². The number of rotatable bonds is 4. The van der Waals surface area contributed by atoms with Crippen molar-refractivity contribution in [2.45, 2.75) is 0 Å².